The van der Waals surface area contributed by atoms with Crippen LogP contribution in [-0.4, -0.2) is 14.5 Å². The summed E-state index contributed by atoms with van der Waals surface area (Å²) < 4.78 is 2.52. The van der Waals surface area contributed by atoms with E-state index in [1.807, 2.05) is 0 Å². The SMILES string of the molecule is C1=CC(c2nc(C3=CC(c4ccc5ccccc5c4)=CCC3)c3c(n2)=CCCC=3)CC=C1n1c2c(c3ccccc31)-c1ccccc1CC2. The molecule has 0 spiro atoms. The molecule has 49 heavy (non-hydrogen) atoms. The fraction of sp³-hybridized carbons (Fsp3) is 0.174. The molecule has 4 aliphatic rings. The Hall–Kier alpha value is -5.54. The van der Waals surface area contributed by atoms with Crippen LogP contribution in [-0.2, 0) is 12.8 Å². The third-order valence-corrected chi connectivity index (χ3v) is 10.9. The molecule has 2 aromatic heterocycles. The third-order valence-electron chi connectivity index (χ3n) is 10.9. The molecule has 0 N–H and O–H groups in total. The Morgan fingerprint density at radius 3 is 2.49 bits per heavy atom. The second-order valence-electron chi connectivity index (χ2n) is 13.8. The van der Waals surface area contributed by atoms with E-state index in [4.69, 9.17) is 9.97 Å². The number of para-hydroxylation sites is 1. The summed E-state index contributed by atoms with van der Waals surface area (Å²) in [6.45, 7) is 0. The van der Waals surface area contributed by atoms with Crippen LogP contribution in [0.2, 0.25) is 0 Å². The van der Waals surface area contributed by atoms with Crippen LogP contribution in [0.25, 0.3) is 61.8 Å². The molecule has 3 heteroatoms. The highest BCUT2D eigenvalue weighted by molar-refractivity contribution is 6.02. The summed E-state index contributed by atoms with van der Waals surface area (Å²) in [5.41, 5.74) is 13.2. The maximum absolute atomic E-state index is 5.40. The van der Waals surface area contributed by atoms with Gasteiger partial charge in [0.15, 0.2) is 0 Å². The van der Waals surface area contributed by atoms with Gasteiger partial charge in [0.05, 0.1) is 16.6 Å². The Kier molecular flexibility index (Phi) is 6.72. The van der Waals surface area contributed by atoms with Crippen molar-refractivity contribution in [3.05, 3.63) is 160 Å². The predicted octanol–water partition coefficient (Wildman–Crippen LogP) is 9.55. The Labute approximate surface area is 286 Å². The minimum atomic E-state index is 0.140. The minimum Gasteiger partial charge on any atom is -0.313 e. The molecule has 1 atom stereocenters. The number of hydrogen-bond acceptors (Lipinski definition) is 2. The van der Waals surface area contributed by atoms with Gasteiger partial charge in [-0.2, -0.15) is 0 Å². The summed E-state index contributed by atoms with van der Waals surface area (Å²) in [6, 6.07) is 33.3. The lowest BCUT2D eigenvalue weighted by Crippen LogP contribution is -2.36. The first-order chi connectivity index (χ1) is 24.3. The van der Waals surface area contributed by atoms with Crippen LogP contribution in [0.15, 0.2) is 121 Å². The van der Waals surface area contributed by atoms with Gasteiger partial charge in [-0.3, -0.25) is 0 Å². The lowest BCUT2D eigenvalue weighted by atomic mass is 9.88. The summed E-state index contributed by atoms with van der Waals surface area (Å²) in [4.78, 5) is 10.6. The van der Waals surface area contributed by atoms with E-state index in [1.165, 1.54) is 71.7 Å². The van der Waals surface area contributed by atoms with Gasteiger partial charge >= 0.3 is 0 Å². The van der Waals surface area contributed by atoms with Gasteiger partial charge in [-0.05, 0) is 108 Å². The summed E-state index contributed by atoms with van der Waals surface area (Å²) in [6.07, 6.45) is 23.6. The molecule has 6 aromatic rings. The second kappa shape index (κ2) is 11.6. The monoisotopic (exact) mass is 631 g/mol. The molecule has 236 valence electrons. The van der Waals surface area contributed by atoms with E-state index in [9.17, 15) is 0 Å². The topological polar surface area (TPSA) is 30.7 Å². The minimum absolute atomic E-state index is 0.140. The Bertz CT molecular complexity index is 2590. The summed E-state index contributed by atoms with van der Waals surface area (Å²) in [5, 5.41) is 6.21. The highest BCUT2D eigenvalue weighted by Gasteiger charge is 2.26. The Morgan fingerprint density at radius 1 is 0.694 bits per heavy atom. The van der Waals surface area contributed by atoms with Gasteiger partial charge in [-0.25, -0.2) is 9.97 Å². The fourth-order valence-electron chi connectivity index (χ4n) is 8.51. The van der Waals surface area contributed by atoms with Crippen LogP contribution in [0, 0.1) is 0 Å². The molecule has 2 heterocycles. The summed E-state index contributed by atoms with van der Waals surface area (Å²) in [7, 11) is 0. The molecular formula is C46H37N3. The molecule has 10 rings (SSSR count). The normalized spacial score (nSPS) is 18.0. The number of allylic oxidation sites excluding steroid dienone is 8. The van der Waals surface area contributed by atoms with Crippen molar-refractivity contribution < 1.29 is 0 Å². The Morgan fingerprint density at radius 2 is 1.55 bits per heavy atom. The van der Waals surface area contributed by atoms with Crippen LogP contribution in [0.5, 0.6) is 0 Å². The zero-order valence-electron chi connectivity index (χ0n) is 27.6. The lowest BCUT2D eigenvalue weighted by Gasteiger charge is -2.22. The predicted molar refractivity (Wildman–Crippen MR) is 204 cm³/mol. The molecule has 0 radical (unpaired) electrons. The highest BCUT2D eigenvalue weighted by Crippen LogP contribution is 2.43. The maximum Gasteiger partial charge on any atom is 0.136 e. The van der Waals surface area contributed by atoms with E-state index in [0.29, 0.717) is 0 Å². The standard InChI is InChI=1S/C46H37N3/c1-2-12-33-28-35(21-20-30(33)10-1)34-13-9-14-36(29-34)45-39-16-5-7-18-41(39)47-46(48-45)32-22-25-37(26-23-32)49-42-19-8-6-17-40(42)44-38-15-4-3-11-31(38)24-27-43(44)49/h1-4,6,8,10-13,15-22,25-26,28-29,32H,5,7,9,14,23-24,27H2. The molecule has 0 saturated carbocycles. The van der Waals surface area contributed by atoms with Crippen molar-refractivity contribution in [2.45, 2.75) is 50.9 Å². The van der Waals surface area contributed by atoms with Crippen LogP contribution in [0.4, 0.5) is 0 Å². The van der Waals surface area contributed by atoms with Crippen LogP contribution in [0.3, 0.4) is 0 Å². The van der Waals surface area contributed by atoms with Crippen LogP contribution in [0.1, 0.15) is 66.4 Å². The van der Waals surface area contributed by atoms with Gasteiger partial charge in [0.25, 0.3) is 0 Å². The number of rotatable bonds is 4. The second-order valence-corrected chi connectivity index (χ2v) is 13.8. The van der Waals surface area contributed by atoms with Gasteiger partial charge < -0.3 is 4.57 Å². The molecule has 3 nitrogen and oxygen atoms in total. The molecule has 0 saturated heterocycles. The van der Waals surface area contributed by atoms with E-state index in [-0.39, 0.29) is 5.92 Å². The smallest absolute Gasteiger partial charge is 0.136 e. The van der Waals surface area contributed by atoms with E-state index >= 15 is 0 Å². The largest absolute Gasteiger partial charge is 0.313 e. The van der Waals surface area contributed by atoms with Gasteiger partial charge in [0.2, 0.25) is 0 Å². The summed E-state index contributed by atoms with van der Waals surface area (Å²) >= 11 is 0. The number of benzene rings is 4. The van der Waals surface area contributed by atoms with Crippen molar-refractivity contribution in [3.8, 4) is 11.1 Å². The number of nitrogens with zero attached hydrogens (tertiary/aromatic N) is 3. The molecule has 0 fully saturated rings. The number of aromatic nitrogens is 3. The average Bonchev–Trinajstić information content (AvgIpc) is 3.52. The number of hydrogen-bond donors (Lipinski definition) is 0. The van der Waals surface area contributed by atoms with E-state index in [0.717, 1.165) is 61.8 Å². The molecule has 1 unspecified atom stereocenters. The number of aryl methyl sites for hydroxylation is 1. The molecule has 4 aliphatic carbocycles. The first kappa shape index (κ1) is 28.5. The quantitative estimate of drug-likeness (QED) is 0.194. The lowest BCUT2D eigenvalue weighted by molar-refractivity contribution is 0.752. The van der Waals surface area contributed by atoms with Crippen molar-refractivity contribution in [2.75, 3.05) is 0 Å². The highest BCUT2D eigenvalue weighted by atomic mass is 15.0. The van der Waals surface area contributed by atoms with Crippen LogP contribution < -0.4 is 10.6 Å². The van der Waals surface area contributed by atoms with E-state index in [2.05, 4.69) is 138 Å². The van der Waals surface area contributed by atoms with Crippen molar-refractivity contribution in [1.82, 2.24) is 14.5 Å². The third kappa shape index (κ3) is 4.79. The van der Waals surface area contributed by atoms with Gasteiger partial charge in [-0.1, -0.05) is 109 Å². The zero-order valence-corrected chi connectivity index (χ0v) is 27.6. The number of fused-ring (bicyclic) bond motifs is 7. The van der Waals surface area contributed by atoms with Gasteiger partial charge in [0.1, 0.15) is 5.82 Å². The molecule has 0 bridgehead atoms. The fourth-order valence-corrected chi connectivity index (χ4v) is 8.51. The molecule has 4 aromatic carbocycles. The van der Waals surface area contributed by atoms with Gasteiger partial charge in [-0.15, -0.1) is 0 Å². The molecule has 0 amide bonds. The van der Waals surface area contributed by atoms with Crippen molar-refractivity contribution in [1.29, 1.82) is 0 Å². The average molecular weight is 632 g/mol. The van der Waals surface area contributed by atoms with Crippen LogP contribution >= 0.6 is 0 Å². The van der Waals surface area contributed by atoms with Crippen molar-refractivity contribution >= 4 is 50.7 Å². The molecule has 0 aliphatic heterocycles. The molecular weight excluding hydrogens is 595 g/mol. The van der Waals surface area contributed by atoms with E-state index < -0.39 is 0 Å². The van der Waals surface area contributed by atoms with E-state index in [1.54, 1.807) is 0 Å². The maximum atomic E-state index is 5.40. The first-order valence-corrected chi connectivity index (χ1v) is 17.9. The summed E-state index contributed by atoms with van der Waals surface area (Å²) in [5.74, 6) is 1.07. The van der Waals surface area contributed by atoms with Crippen molar-refractivity contribution in [2.24, 2.45) is 0 Å². The Balaban J connectivity index is 1.01. The van der Waals surface area contributed by atoms with Crippen molar-refractivity contribution in [3.63, 3.8) is 0 Å². The first-order valence-electron chi connectivity index (χ1n) is 17.9. The van der Waals surface area contributed by atoms with Gasteiger partial charge in [0, 0.05) is 33.5 Å². The zero-order chi connectivity index (χ0) is 32.3.